The van der Waals surface area contributed by atoms with Crippen LogP contribution in [0.5, 0.6) is 0 Å². The number of amides is 1. The number of ether oxygens (including phenoxy) is 2. The highest BCUT2D eigenvalue weighted by Gasteiger charge is 2.24. The minimum absolute atomic E-state index is 0.113. The van der Waals surface area contributed by atoms with Crippen LogP contribution in [-0.4, -0.2) is 25.3 Å². The second kappa shape index (κ2) is 7.28. The van der Waals surface area contributed by atoms with Crippen LogP contribution in [0, 0.1) is 5.82 Å². The van der Waals surface area contributed by atoms with Gasteiger partial charge in [-0.05, 0) is 24.6 Å². The SMILES string of the molecule is C=C(C)C(OC(=O)Nc1cc(Cl)c(F)c(Cl)c1)C(=O)OC. The Morgan fingerprint density at radius 3 is 2.29 bits per heavy atom. The zero-order valence-corrected chi connectivity index (χ0v) is 12.7. The minimum Gasteiger partial charge on any atom is -0.466 e. The molecule has 0 spiro atoms. The van der Waals surface area contributed by atoms with Gasteiger partial charge in [0.1, 0.15) is 0 Å². The summed E-state index contributed by atoms with van der Waals surface area (Å²) < 4.78 is 22.6. The molecular formula is C13H12Cl2FNO4. The topological polar surface area (TPSA) is 64.6 Å². The van der Waals surface area contributed by atoms with E-state index in [0.29, 0.717) is 0 Å². The standard InChI is InChI=1S/C13H12Cl2FNO4/c1-6(2)11(12(18)20-3)21-13(19)17-7-4-8(14)10(16)9(15)5-7/h4-5,11H,1H2,2-3H3,(H,17,19). The summed E-state index contributed by atoms with van der Waals surface area (Å²) in [6.07, 6.45) is -2.21. The second-order valence-electron chi connectivity index (χ2n) is 4.03. The minimum atomic E-state index is -1.25. The normalized spacial score (nSPS) is 11.5. The van der Waals surface area contributed by atoms with Crippen molar-refractivity contribution < 1.29 is 23.5 Å². The van der Waals surface area contributed by atoms with Crippen LogP contribution in [0.3, 0.4) is 0 Å². The van der Waals surface area contributed by atoms with E-state index in [-0.39, 0.29) is 21.3 Å². The molecule has 0 saturated heterocycles. The van der Waals surface area contributed by atoms with Gasteiger partial charge >= 0.3 is 12.1 Å². The molecule has 1 N–H and O–H groups in total. The molecule has 21 heavy (non-hydrogen) atoms. The maximum absolute atomic E-state index is 13.2. The Morgan fingerprint density at radius 2 is 1.86 bits per heavy atom. The number of halogens is 3. The first-order chi connectivity index (χ1) is 9.76. The molecule has 1 atom stereocenters. The van der Waals surface area contributed by atoms with Gasteiger partial charge in [-0.15, -0.1) is 0 Å². The fourth-order valence-electron chi connectivity index (χ4n) is 1.34. The van der Waals surface area contributed by atoms with Crippen LogP contribution in [0.1, 0.15) is 6.92 Å². The second-order valence-corrected chi connectivity index (χ2v) is 4.85. The van der Waals surface area contributed by atoms with E-state index in [1.807, 2.05) is 0 Å². The third-order valence-electron chi connectivity index (χ3n) is 2.32. The Morgan fingerprint density at radius 1 is 1.33 bits per heavy atom. The van der Waals surface area contributed by atoms with E-state index in [1.54, 1.807) is 0 Å². The maximum Gasteiger partial charge on any atom is 0.412 e. The lowest BCUT2D eigenvalue weighted by molar-refractivity contribution is -0.148. The van der Waals surface area contributed by atoms with Crippen molar-refractivity contribution in [3.05, 3.63) is 40.1 Å². The van der Waals surface area contributed by atoms with Crippen LogP contribution in [-0.2, 0) is 14.3 Å². The number of hydrogen-bond donors (Lipinski definition) is 1. The van der Waals surface area contributed by atoms with Crippen molar-refractivity contribution in [3.8, 4) is 0 Å². The first-order valence-corrected chi connectivity index (χ1v) is 6.37. The van der Waals surface area contributed by atoms with E-state index < -0.39 is 24.0 Å². The first-order valence-electron chi connectivity index (χ1n) is 5.61. The lowest BCUT2D eigenvalue weighted by Gasteiger charge is -2.16. The van der Waals surface area contributed by atoms with Crippen LogP contribution >= 0.6 is 23.2 Å². The molecule has 5 nitrogen and oxygen atoms in total. The van der Waals surface area contributed by atoms with E-state index >= 15 is 0 Å². The van der Waals surface area contributed by atoms with Crippen molar-refractivity contribution in [1.82, 2.24) is 0 Å². The van der Waals surface area contributed by atoms with Gasteiger partial charge in [0.25, 0.3) is 0 Å². The Kier molecular flexibility index (Phi) is 5.99. The van der Waals surface area contributed by atoms with Gasteiger partial charge in [-0.2, -0.15) is 0 Å². The van der Waals surface area contributed by atoms with Gasteiger partial charge in [-0.1, -0.05) is 29.8 Å². The Hall–Kier alpha value is -1.79. The number of nitrogens with one attached hydrogen (secondary N) is 1. The Labute approximate surface area is 130 Å². The van der Waals surface area contributed by atoms with E-state index in [9.17, 15) is 14.0 Å². The Balaban J connectivity index is 2.82. The van der Waals surface area contributed by atoms with Gasteiger partial charge in [0.15, 0.2) is 5.82 Å². The lowest BCUT2D eigenvalue weighted by atomic mass is 10.2. The number of esters is 1. The molecule has 1 rings (SSSR count). The molecule has 8 heteroatoms. The smallest absolute Gasteiger partial charge is 0.412 e. The molecular weight excluding hydrogens is 324 g/mol. The largest absolute Gasteiger partial charge is 0.466 e. The fraction of sp³-hybridized carbons (Fsp3) is 0.231. The van der Waals surface area contributed by atoms with Gasteiger partial charge < -0.3 is 9.47 Å². The molecule has 0 bridgehead atoms. The highest BCUT2D eigenvalue weighted by Crippen LogP contribution is 2.27. The predicted molar refractivity (Wildman–Crippen MR) is 77.1 cm³/mol. The fourth-order valence-corrected chi connectivity index (χ4v) is 1.83. The van der Waals surface area contributed by atoms with Gasteiger partial charge in [-0.25, -0.2) is 14.0 Å². The summed E-state index contributed by atoms with van der Waals surface area (Å²) in [5.41, 5.74) is 0.397. The maximum atomic E-state index is 13.2. The molecule has 1 aromatic rings. The van der Waals surface area contributed by atoms with Crippen molar-refractivity contribution >= 4 is 41.0 Å². The van der Waals surface area contributed by atoms with Crippen LogP contribution in [0.25, 0.3) is 0 Å². The molecule has 0 aliphatic heterocycles. The molecule has 0 fully saturated rings. The summed E-state index contributed by atoms with van der Waals surface area (Å²) in [6.45, 7) is 5.03. The first kappa shape index (κ1) is 17.3. The van der Waals surface area contributed by atoms with Crippen LogP contribution < -0.4 is 5.32 Å². The van der Waals surface area contributed by atoms with Crippen molar-refractivity contribution in [2.45, 2.75) is 13.0 Å². The summed E-state index contributed by atoms with van der Waals surface area (Å²) in [4.78, 5) is 23.1. The van der Waals surface area contributed by atoms with Gasteiger partial charge in [0.05, 0.1) is 17.2 Å². The number of carbonyl (C=O) groups is 2. The average molecular weight is 336 g/mol. The van der Waals surface area contributed by atoms with Crippen LogP contribution in [0.2, 0.25) is 10.0 Å². The number of benzene rings is 1. The van der Waals surface area contributed by atoms with E-state index in [4.69, 9.17) is 27.9 Å². The summed E-state index contributed by atoms with van der Waals surface area (Å²) >= 11 is 11.2. The molecule has 1 aromatic carbocycles. The molecule has 0 aliphatic rings. The lowest BCUT2D eigenvalue weighted by Crippen LogP contribution is -2.31. The van der Waals surface area contributed by atoms with Gasteiger partial charge in [0, 0.05) is 5.69 Å². The molecule has 0 heterocycles. The van der Waals surface area contributed by atoms with Crippen molar-refractivity contribution in [2.24, 2.45) is 0 Å². The quantitative estimate of drug-likeness (QED) is 0.516. The average Bonchev–Trinajstić information content (AvgIpc) is 2.40. The summed E-state index contributed by atoms with van der Waals surface area (Å²) in [5.74, 6) is -1.57. The molecule has 1 unspecified atom stereocenters. The summed E-state index contributed by atoms with van der Waals surface area (Å²) in [7, 11) is 1.15. The third-order valence-corrected chi connectivity index (χ3v) is 2.87. The third kappa shape index (κ3) is 4.61. The number of carbonyl (C=O) groups excluding carboxylic acids is 2. The van der Waals surface area contributed by atoms with Crippen molar-refractivity contribution in [3.63, 3.8) is 0 Å². The summed E-state index contributed by atoms with van der Waals surface area (Å²) in [5, 5.41) is 1.75. The van der Waals surface area contributed by atoms with Crippen LogP contribution in [0.4, 0.5) is 14.9 Å². The van der Waals surface area contributed by atoms with Crippen molar-refractivity contribution in [2.75, 3.05) is 12.4 Å². The molecule has 114 valence electrons. The number of anilines is 1. The number of rotatable bonds is 4. The van der Waals surface area contributed by atoms with Crippen LogP contribution in [0.15, 0.2) is 24.3 Å². The van der Waals surface area contributed by atoms with Gasteiger partial charge in [-0.3, -0.25) is 5.32 Å². The van der Waals surface area contributed by atoms with Crippen molar-refractivity contribution in [1.29, 1.82) is 0 Å². The van der Waals surface area contributed by atoms with E-state index in [2.05, 4.69) is 16.6 Å². The number of hydrogen-bond acceptors (Lipinski definition) is 4. The zero-order valence-electron chi connectivity index (χ0n) is 11.2. The number of methoxy groups -OCH3 is 1. The highest BCUT2D eigenvalue weighted by atomic mass is 35.5. The predicted octanol–water partition coefficient (Wildman–Crippen LogP) is 3.80. The molecule has 0 radical (unpaired) electrons. The molecule has 0 aromatic heterocycles. The monoisotopic (exact) mass is 335 g/mol. The molecule has 1 amide bonds. The van der Waals surface area contributed by atoms with Gasteiger partial charge in [0.2, 0.25) is 6.10 Å². The highest BCUT2D eigenvalue weighted by molar-refractivity contribution is 6.35. The molecule has 0 aliphatic carbocycles. The van der Waals surface area contributed by atoms with E-state index in [1.165, 1.54) is 6.92 Å². The zero-order chi connectivity index (χ0) is 16.2. The Bertz CT molecular complexity index is 569. The summed E-state index contributed by atoms with van der Waals surface area (Å²) in [6, 6.07) is 2.30. The van der Waals surface area contributed by atoms with E-state index in [0.717, 1.165) is 19.2 Å². The molecule has 0 saturated carbocycles.